The second-order valence-electron chi connectivity index (χ2n) is 13.0. The minimum Gasteiger partial charge on any atom is -0.388 e. The number of morpholine rings is 1. The van der Waals surface area contributed by atoms with Gasteiger partial charge in [0.15, 0.2) is 11.6 Å². The van der Waals surface area contributed by atoms with Crippen LogP contribution in [0.5, 0.6) is 0 Å². The Balaban J connectivity index is 1.02. The standard InChI is InChI=1S/C42H38F2N2O4/c1-28-26-46(27-29(2)50-28)42(49)36-17-12-30(13-18-36)6-8-32-4-3-5-37(24-32)40(47)34-20-22-45(23-21-34)41(48)35-15-10-31(11-16-35)7-9-33-14-19-38(43)39(44)25-33/h3-5,10-19,24-25,28-29,34,40,47H,20-23,26-27H2,1-2H3. The number of hydrogen-bond donors (Lipinski definition) is 1. The molecule has 1 N–H and O–H groups in total. The summed E-state index contributed by atoms with van der Waals surface area (Å²) < 4.78 is 32.3. The van der Waals surface area contributed by atoms with E-state index in [1.54, 1.807) is 41.3 Å². The van der Waals surface area contributed by atoms with Crippen LogP contribution in [0.15, 0.2) is 91.0 Å². The molecule has 2 aliphatic rings. The van der Waals surface area contributed by atoms with Gasteiger partial charge in [-0.1, -0.05) is 35.8 Å². The quantitative estimate of drug-likeness (QED) is 0.248. The van der Waals surface area contributed by atoms with Crippen molar-refractivity contribution in [2.24, 2.45) is 5.92 Å². The molecule has 2 aliphatic heterocycles. The van der Waals surface area contributed by atoms with E-state index >= 15 is 0 Å². The van der Waals surface area contributed by atoms with Gasteiger partial charge in [-0.2, -0.15) is 0 Å². The van der Waals surface area contributed by atoms with Gasteiger partial charge in [0.25, 0.3) is 11.8 Å². The number of halogens is 2. The van der Waals surface area contributed by atoms with Crippen molar-refractivity contribution in [2.75, 3.05) is 26.2 Å². The number of amides is 2. The number of ether oxygens (including phenoxy) is 1. The van der Waals surface area contributed by atoms with Crippen LogP contribution in [0.1, 0.15) is 81.3 Å². The van der Waals surface area contributed by atoms with E-state index in [1.165, 1.54) is 6.07 Å². The molecule has 6 nitrogen and oxygen atoms in total. The van der Waals surface area contributed by atoms with Crippen molar-refractivity contribution in [1.82, 2.24) is 9.80 Å². The third-order valence-electron chi connectivity index (χ3n) is 9.09. The zero-order valence-electron chi connectivity index (χ0n) is 28.0. The van der Waals surface area contributed by atoms with Crippen LogP contribution in [0.2, 0.25) is 0 Å². The second-order valence-corrected chi connectivity index (χ2v) is 13.0. The Bertz CT molecular complexity index is 1970. The van der Waals surface area contributed by atoms with Crippen LogP contribution in [-0.4, -0.2) is 65.1 Å². The first-order chi connectivity index (χ1) is 24.1. The lowest BCUT2D eigenvalue weighted by molar-refractivity contribution is -0.0586. The Morgan fingerprint density at radius 1 is 0.680 bits per heavy atom. The van der Waals surface area contributed by atoms with E-state index < -0.39 is 17.7 Å². The summed E-state index contributed by atoms with van der Waals surface area (Å²) in [6.07, 6.45) is 0.656. The molecule has 2 fully saturated rings. The van der Waals surface area contributed by atoms with Crippen molar-refractivity contribution >= 4 is 11.8 Å². The van der Waals surface area contributed by atoms with Gasteiger partial charge in [0.1, 0.15) is 0 Å². The van der Waals surface area contributed by atoms with Crippen molar-refractivity contribution in [1.29, 1.82) is 0 Å². The zero-order valence-corrected chi connectivity index (χ0v) is 28.0. The van der Waals surface area contributed by atoms with Gasteiger partial charge < -0.3 is 19.6 Å². The van der Waals surface area contributed by atoms with Crippen molar-refractivity contribution < 1.29 is 28.2 Å². The average molecular weight is 673 g/mol. The molecule has 2 amide bonds. The van der Waals surface area contributed by atoms with Gasteiger partial charge in [-0.05, 0) is 117 Å². The predicted molar refractivity (Wildman–Crippen MR) is 187 cm³/mol. The van der Waals surface area contributed by atoms with E-state index in [-0.39, 0.29) is 29.9 Å². The number of rotatable bonds is 4. The van der Waals surface area contributed by atoms with Crippen LogP contribution < -0.4 is 0 Å². The molecule has 0 spiro atoms. The van der Waals surface area contributed by atoms with Gasteiger partial charge in [0, 0.05) is 59.6 Å². The molecule has 0 bridgehead atoms. The number of carbonyl (C=O) groups is 2. The lowest BCUT2D eigenvalue weighted by Gasteiger charge is -2.35. The van der Waals surface area contributed by atoms with Crippen molar-refractivity contribution in [3.8, 4) is 23.7 Å². The molecule has 3 atom stereocenters. The molecule has 2 heterocycles. The molecule has 3 unspecified atom stereocenters. The van der Waals surface area contributed by atoms with Gasteiger partial charge >= 0.3 is 0 Å². The lowest BCUT2D eigenvalue weighted by atomic mass is 9.87. The number of carbonyl (C=O) groups excluding carboxylic acids is 2. The SMILES string of the molecule is CC1CN(C(=O)c2ccc(C#Cc3cccc(C(O)C4CCN(C(=O)c5ccc(C#Cc6ccc(F)c(F)c6)cc5)CC4)c3)cc2)CC(C)O1. The predicted octanol–water partition coefficient (Wildman–Crippen LogP) is 6.60. The zero-order chi connectivity index (χ0) is 35.2. The summed E-state index contributed by atoms with van der Waals surface area (Å²) in [6, 6.07) is 25.3. The molecule has 0 radical (unpaired) electrons. The Morgan fingerprint density at radius 3 is 1.74 bits per heavy atom. The van der Waals surface area contributed by atoms with Gasteiger partial charge in [0.05, 0.1) is 18.3 Å². The minimum absolute atomic E-state index is 0.00118. The summed E-state index contributed by atoms with van der Waals surface area (Å²) in [6.45, 7) is 6.15. The number of benzene rings is 4. The van der Waals surface area contributed by atoms with E-state index in [4.69, 9.17) is 4.74 Å². The summed E-state index contributed by atoms with van der Waals surface area (Å²) in [5.41, 5.74) is 4.53. The fraction of sp³-hybridized carbons (Fsp3) is 0.286. The van der Waals surface area contributed by atoms with Crippen molar-refractivity contribution in [3.63, 3.8) is 0 Å². The first-order valence-corrected chi connectivity index (χ1v) is 16.8. The van der Waals surface area contributed by atoms with E-state index in [9.17, 15) is 23.5 Å². The number of likely N-dealkylation sites (tertiary alicyclic amines) is 1. The van der Waals surface area contributed by atoms with Gasteiger partial charge in [-0.3, -0.25) is 9.59 Å². The summed E-state index contributed by atoms with van der Waals surface area (Å²) in [4.78, 5) is 29.8. The molecule has 6 rings (SSSR count). The molecule has 50 heavy (non-hydrogen) atoms. The highest BCUT2D eigenvalue weighted by atomic mass is 19.2. The first-order valence-electron chi connectivity index (χ1n) is 16.8. The maximum Gasteiger partial charge on any atom is 0.254 e. The molecular formula is C42H38F2N2O4. The fourth-order valence-electron chi connectivity index (χ4n) is 6.45. The number of aliphatic hydroxyl groups excluding tert-OH is 1. The van der Waals surface area contributed by atoms with Gasteiger partial charge in [-0.15, -0.1) is 0 Å². The molecule has 2 saturated heterocycles. The highest BCUT2D eigenvalue weighted by Gasteiger charge is 2.29. The van der Waals surface area contributed by atoms with Gasteiger partial charge in [-0.25, -0.2) is 8.78 Å². The van der Waals surface area contributed by atoms with Crippen LogP contribution in [0, 0.1) is 41.2 Å². The topological polar surface area (TPSA) is 70.1 Å². The number of aliphatic hydroxyl groups is 1. The number of piperidine rings is 1. The normalized spacial score (nSPS) is 18.3. The van der Waals surface area contributed by atoms with E-state index in [1.807, 2.05) is 55.1 Å². The number of nitrogens with zero attached hydrogens (tertiary/aromatic N) is 2. The summed E-state index contributed by atoms with van der Waals surface area (Å²) in [7, 11) is 0. The van der Waals surface area contributed by atoms with E-state index in [0.717, 1.165) is 28.8 Å². The average Bonchev–Trinajstić information content (AvgIpc) is 3.14. The molecule has 4 aromatic carbocycles. The van der Waals surface area contributed by atoms with Crippen molar-refractivity contribution in [3.05, 3.63) is 142 Å². The Morgan fingerprint density at radius 2 is 1.18 bits per heavy atom. The smallest absolute Gasteiger partial charge is 0.254 e. The van der Waals surface area contributed by atoms with Crippen LogP contribution in [0.3, 0.4) is 0 Å². The number of hydrogen-bond acceptors (Lipinski definition) is 4. The van der Waals surface area contributed by atoms with Crippen molar-refractivity contribution in [2.45, 2.75) is 45.0 Å². The Labute approximate surface area is 291 Å². The maximum absolute atomic E-state index is 13.4. The Hall–Kier alpha value is -5.28. The van der Waals surface area contributed by atoms with Crippen LogP contribution in [0.25, 0.3) is 0 Å². The molecule has 8 heteroatoms. The first kappa shape index (κ1) is 34.6. The fourth-order valence-corrected chi connectivity index (χ4v) is 6.45. The second kappa shape index (κ2) is 15.5. The third-order valence-corrected chi connectivity index (χ3v) is 9.09. The van der Waals surface area contributed by atoms with Crippen LogP contribution in [-0.2, 0) is 4.74 Å². The largest absolute Gasteiger partial charge is 0.388 e. The summed E-state index contributed by atoms with van der Waals surface area (Å²) in [5.74, 6) is 10.1. The third kappa shape index (κ3) is 8.47. The molecule has 0 saturated carbocycles. The maximum atomic E-state index is 13.4. The summed E-state index contributed by atoms with van der Waals surface area (Å²) >= 11 is 0. The Kier molecular flexibility index (Phi) is 10.7. The van der Waals surface area contributed by atoms with E-state index in [0.29, 0.717) is 61.3 Å². The lowest BCUT2D eigenvalue weighted by Crippen LogP contribution is -2.48. The minimum atomic E-state index is -0.949. The molecule has 0 aromatic heterocycles. The highest BCUT2D eigenvalue weighted by molar-refractivity contribution is 5.95. The highest BCUT2D eigenvalue weighted by Crippen LogP contribution is 2.31. The summed E-state index contributed by atoms with van der Waals surface area (Å²) in [5, 5.41) is 11.3. The van der Waals surface area contributed by atoms with Gasteiger partial charge in [0.2, 0.25) is 0 Å². The molecule has 0 aliphatic carbocycles. The van der Waals surface area contributed by atoms with Crippen LogP contribution in [0.4, 0.5) is 8.78 Å². The molecule has 254 valence electrons. The van der Waals surface area contributed by atoms with E-state index in [2.05, 4.69) is 23.7 Å². The molecule has 4 aromatic rings. The molecular weight excluding hydrogens is 634 g/mol. The van der Waals surface area contributed by atoms with Crippen LogP contribution >= 0.6 is 0 Å². The monoisotopic (exact) mass is 672 g/mol.